The summed E-state index contributed by atoms with van der Waals surface area (Å²) < 4.78 is 0. The lowest BCUT2D eigenvalue weighted by molar-refractivity contribution is 0.191. The van der Waals surface area contributed by atoms with E-state index in [2.05, 4.69) is 36.3 Å². The van der Waals surface area contributed by atoms with E-state index in [9.17, 15) is 4.79 Å². The molecule has 1 unspecified atom stereocenters. The van der Waals surface area contributed by atoms with Crippen molar-refractivity contribution < 1.29 is 4.79 Å². The molecule has 3 aromatic rings. The standard InChI is InChI=1S/C22H26N4O/c1-15(2)16-9-11-18(12-10-16)23-22(27)26-13-5-6-17(14-26)21-24-19-7-3-4-8-20(19)25-21/h3-4,7-12,15,17H,5-6,13-14H2,1-2H3,(H,23,27)(H,24,25). The highest BCUT2D eigenvalue weighted by molar-refractivity contribution is 5.89. The number of benzene rings is 2. The summed E-state index contributed by atoms with van der Waals surface area (Å²) in [5.41, 5.74) is 4.16. The minimum atomic E-state index is -0.0342. The van der Waals surface area contributed by atoms with Crippen LogP contribution < -0.4 is 5.32 Å². The number of hydrogen-bond donors (Lipinski definition) is 2. The maximum Gasteiger partial charge on any atom is 0.321 e. The number of piperidine rings is 1. The molecule has 0 saturated carbocycles. The van der Waals surface area contributed by atoms with Crippen molar-refractivity contribution in [3.8, 4) is 0 Å². The number of nitrogens with zero attached hydrogens (tertiary/aromatic N) is 2. The zero-order valence-corrected chi connectivity index (χ0v) is 15.9. The Balaban J connectivity index is 1.43. The first-order valence-electron chi connectivity index (χ1n) is 9.70. The Morgan fingerprint density at radius 2 is 1.96 bits per heavy atom. The van der Waals surface area contributed by atoms with Crippen LogP contribution in [0, 0.1) is 0 Å². The van der Waals surface area contributed by atoms with Gasteiger partial charge in [0.15, 0.2) is 0 Å². The van der Waals surface area contributed by atoms with Gasteiger partial charge in [0.2, 0.25) is 0 Å². The van der Waals surface area contributed by atoms with E-state index in [4.69, 9.17) is 4.98 Å². The number of amides is 2. The number of likely N-dealkylation sites (tertiary alicyclic amines) is 1. The van der Waals surface area contributed by atoms with E-state index in [1.54, 1.807) is 0 Å². The average Bonchev–Trinajstić information content (AvgIpc) is 3.13. The van der Waals surface area contributed by atoms with Crippen LogP contribution in [0.15, 0.2) is 48.5 Å². The molecule has 4 rings (SSSR count). The third-order valence-corrected chi connectivity index (χ3v) is 5.33. The summed E-state index contributed by atoms with van der Waals surface area (Å²) in [6.07, 6.45) is 2.04. The molecule has 2 N–H and O–H groups in total. The van der Waals surface area contributed by atoms with Crippen molar-refractivity contribution >= 4 is 22.8 Å². The molecule has 0 aliphatic carbocycles. The molecule has 0 bridgehead atoms. The number of aromatic amines is 1. The van der Waals surface area contributed by atoms with Crippen LogP contribution in [0.5, 0.6) is 0 Å². The van der Waals surface area contributed by atoms with E-state index in [-0.39, 0.29) is 11.9 Å². The number of rotatable bonds is 3. The summed E-state index contributed by atoms with van der Waals surface area (Å²) in [7, 11) is 0. The van der Waals surface area contributed by atoms with Crippen LogP contribution in [0.3, 0.4) is 0 Å². The zero-order chi connectivity index (χ0) is 18.8. The molecular formula is C22H26N4O. The van der Waals surface area contributed by atoms with Crippen LogP contribution in [-0.4, -0.2) is 34.0 Å². The Morgan fingerprint density at radius 1 is 1.19 bits per heavy atom. The Kier molecular flexibility index (Phi) is 4.84. The first-order valence-corrected chi connectivity index (χ1v) is 9.70. The number of hydrogen-bond acceptors (Lipinski definition) is 2. The van der Waals surface area contributed by atoms with Crippen LogP contribution in [0.4, 0.5) is 10.5 Å². The van der Waals surface area contributed by atoms with Crippen LogP contribution in [-0.2, 0) is 0 Å². The number of nitrogens with one attached hydrogen (secondary N) is 2. The van der Waals surface area contributed by atoms with Gasteiger partial charge in [0.1, 0.15) is 5.82 Å². The molecule has 1 aliphatic rings. The molecule has 1 atom stereocenters. The van der Waals surface area contributed by atoms with Gasteiger partial charge in [-0.05, 0) is 48.6 Å². The van der Waals surface area contributed by atoms with Gasteiger partial charge >= 0.3 is 6.03 Å². The predicted molar refractivity (Wildman–Crippen MR) is 109 cm³/mol. The van der Waals surface area contributed by atoms with E-state index in [1.807, 2.05) is 41.3 Å². The van der Waals surface area contributed by atoms with E-state index in [0.717, 1.165) is 41.9 Å². The van der Waals surface area contributed by atoms with Crippen molar-refractivity contribution in [1.29, 1.82) is 0 Å². The maximum atomic E-state index is 12.7. The molecule has 1 aromatic heterocycles. The van der Waals surface area contributed by atoms with Crippen molar-refractivity contribution in [1.82, 2.24) is 14.9 Å². The van der Waals surface area contributed by atoms with Crippen molar-refractivity contribution in [2.24, 2.45) is 0 Å². The van der Waals surface area contributed by atoms with Gasteiger partial charge in [0.25, 0.3) is 0 Å². The Labute approximate surface area is 159 Å². The normalized spacial score (nSPS) is 17.4. The van der Waals surface area contributed by atoms with Crippen molar-refractivity contribution in [3.05, 3.63) is 59.9 Å². The Morgan fingerprint density at radius 3 is 2.70 bits per heavy atom. The molecule has 2 heterocycles. The van der Waals surface area contributed by atoms with Crippen molar-refractivity contribution in [2.45, 2.75) is 38.5 Å². The predicted octanol–water partition coefficient (Wildman–Crippen LogP) is 5.10. The lowest BCUT2D eigenvalue weighted by Crippen LogP contribution is -2.41. The fraction of sp³-hybridized carbons (Fsp3) is 0.364. The van der Waals surface area contributed by atoms with Crippen molar-refractivity contribution in [2.75, 3.05) is 18.4 Å². The first kappa shape index (κ1) is 17.6. The smallest absolute Gasteiger partial charge is 0.321 e. The summed E-state index contributed by atoms with van der Waals surface area (Å²) in [6, 6.07) is 16.1. The number of imidazole rings is 1. The van der Waals surface area contributed by atoms with Gasteiger partial charge in [-0.15, -0.1) is 0 Å². The summed E-state index contributed by atoms with van der Waals surface area (Å²) >= 11 is 0. The zero-order valence-electron chi connectivity index (χ0n) is 15.9. The molecule has 0 spiro atoms. The highest BCUT2D eigenvalue weighted by Crippen LogP contribution is 2.27. The third kappa shape index (κ3) is 3.82. The summed E-state index contributed by atoms with van der Waals surface area (Å²) in [5.74, 6) is 1.72. The quantitative estimate of drug-likeness (QED) is 0.681. The molecule has 2 amide bonds. The second-order valence-corrected chi connectivity index (χ2v) is 7.63. The van der Waals surface area contributed by atoms with Crippen LogP contribution in [0.2, 0.25) is 0 Å². The number of carbonyl (C=O) groups excluding carboxylic acids is 1. The van der Waals surface area contributed by atoms with Gasteiger partial charge in [-0.3, -0.25) is 0 Å². The summed E-state index contributed by atoms with van der Waals surface area (Å²) in [4.78, 5) is 22.8. The van der Waals surface area contributed by atoms with Crippen LogP contribution in [0.1, 0.15) is 49.9 Å². The van der Waals surface area contributed by atoms with Gasteiger partial charge in [-0.1, -0.05) is 38.1 Å². The number of aromatic nitrogens is 2. The summed E-state index contributed by atoms with van der Waals surface area (Å²) in [6.45, 7) is 5.81. The van der Waals surface area contributed by atoms with Crippen LogP contribution >= 0.6 is 0 Å². The molecule has 1 fully saturated rings. The molecule has 2 aromatic carbocycles. The number of para-hydroxylation sites is 2. The fourth-order valence-corrected chi connectivity index (χ4v) is 3.70. The van der Waals surface area contributed by atoms with Gasteiger partial charge in [-0.2, -0.15) is 0 Å². The van der Waals surface area contributed by atoms with E-state index >= 15 is 0 Å². The molecule has 1 aliphatic heterocycles. The highest BCUT2D eigenvalue weighted by atomic mass is 16.2. The highest BCUT2D eigenvalue weighted by Gasteiger charge is 2.26. The SMILES string of the molecule is CC(C)c1ccc(NC(=O)N2CCCC(c3nc4ccccc4[nH]3)C2)cc1. The minimum absolute atomic E-state index is 0.0342. The molecule has 5 heteroatoms. The lowest BCUT2D eigenvalue weighted by atomic mass is 9.97. The topological polar surface area (TPSA) is 61.0 Å². The fourth-order valence-electron chi connectivity index (χ4n) is 3.70. The maximum absolute atomic E-state index is 12.7. The van der Waals surface area contributed by atoms with E-state index in [1.165, 1.54) is 5.56 Å². The number of fused-ring (bicyclic) bond motifs is 1. The number of carbonyl (C=O) groups is 1. The van der Waals surface area contributed by atoms with Crippen molar-refractivity contribution in [3.63, 3.8) is 0 Å². The number of H-pyrrole nitrogens is 1. The Hall–Kier alpha value is -2.82. The number of anilines is 1. The van der Waals surface area contributed by atoms with Crippen LogP contribution in [0.25, 0.3) is 11.0 Å². The summed E-state index contributed by atoms with van der Waals surface area (Å²) in [5, 5.41) is 3.03. The molecular weight excluding hydrogens is 336 g/mol. The monoisotopic (exact) mass is 362 g/mol. The molecule has 27 heavy (non-hydrogen) atoms. The van der Waals surface area contributed by atoms with Gasteiger partial charge in [-0.25, -0.2) is 9.78 Å². The van der Waals surface area contributed by atoms with Gasteiger partial charge in [0, 0.05) is 24.7 Å². The largest absolute Gasteiger partial charge is 0.342 e. The first-order chi connectivity index (χ1) is 13.1. The second kappa shape index (κ2) is 7.43. The minimum Gasteiger partial charge on any atom is -0.342 e. The second-order valence-electron chi connectivity index (χ2n) is 7.63. The van der Waals surface area contributed by atoms with E-state index in [0.29, 0.717) is 12.5 Å². The average molecular weight is 362 g/mol. The molecule has 5 nitrogen and oxygen atoms in total. The van der Waals surface area contributed by atoms with Gasteiger partial charge in [0.05, 0.1) is 11.0 Å². The third-order valence-electron chi connectivity index (χ3n) is 5.33. The Bertz CT molecular complexity index is 896. The number of urea groups is 1. The molecule has 0 radical (unpaired) electrons. The molecule has 140 valence electrons. The molecule has 1 saturated heterocycles. The van der Waals surface area contributed by atoms with Gasteiger partial charge < -0.3 is 15.2 Å². The van der Waals surface area contributed by atoms with E-state index < -0.39 is 0 Å². The lowest BCUT2D eigenvalue weighted by Gasteiger charge is -2.31.